The molecular weight excluding hydrogens is 390 g/mol. The first-order valence-corrected chi connectivity index (χ1v) is 8.58. The van der Waals surface area contributed by atoms with E-state index in [1.807, 2.05) is 0 Å². The third kappa shape index (κ3) is 5.85. The molecule has 4 atom stereocenters. The predicted octanol–water partition coefficient (Wildman–Crippen LogP) is -0.474. The molecule has 0 aromatic carbocycles. The zero-order valence-corrected chi connectivity index (χ0v) is 16.2. The van der Waals surface area contributed by atoms with Crippen LogP contribution in [-0.4, -0.2) is 58.3 Å². The molecule has 0 saturated carbocycles. The molecule has 0 aliphatic carbocycles. The summed E-state index contributed by atoms with van der Waals surface area (Å²) in [6.45, 7) is 4.44. The molecule has 1 saturated heterocycles. The second-order valence-corrected chi connectivity index (χ2v) is 6.20. The maximum absolute atomic E-state index is 12.4. The Kier molecular flexibility index (Phi) is 7.04. The Morgan fingerprint density at radius 3 is 2.21 bits per heavy atom. The quantitative estimate of drug-likeness (QED) is 0.480. The SMILES string of the molecule is CC(=O)Nc1ccn([C@@H]2O[C@H](COC(C)=O)[C@@H](OC(C)=O)[C@H]2OC(C)=O)c(=O)n1. The summed E-state index contributed by atoms with van der Waals surface area (Å²) in [5.74, 6) is -2.38. The van der Waals surface area contributed by atoms with Crippen molar-refractivity contribution in [3.8, 4) is 0 Å². The van der Waals surface area contributed by atoms with E-state index >= 15 is 0 Å². The highest BCUT2D eigenvalue weighted by Gasteiger charge is 2.50. The van der Waals surface area contributed by atoms with E-state index in [1.165, 1.54) is 26.1 Å². The second-order valence-electron chi connectivity index (χ2n) is 6.20. The molecule has 12 heteroatoms. The summed E-state index contributed by atoms with van der Waals surface area (Å²) in [6.07, 6.45) is -3.28. The number of anilines is 1. The molecular formula is C17H21N3O9. The smallest absolute Gasteiger partial charge is 0.351 e. The third-order valence-corrected chi connectivity index (χ3v) is 3.75. The molecule has 2 rings (SSSR count). The number of carbonyl (C=O) groups excluding carboxylic acids is 4. The molecule has 0 radical (unpaired) electrons. The Balaban J connectivity index is 2.40. The minimum absolute atomic E-state index is 0.0220. The molecule has 1 aliphatic rings. The molecule has 29 heavy (non-hydrogen) atoms. The molecule has 158 valence electrons. The number of hydrogen-bond acceptors (Lipinski definition) is 10. The molecule has 12 nitrogen and oxygen atoms in total. The van der Waals surface area contributed by atoms with Crippen molar-refractivity contribution in [3.05, 3.63) is 22.7 Å². The lowest BCUT2D eigenvalue weighted by atomic mass is 10.1. The Labute approximate surface area is 165 Å². The average molecular weight is 411 g/mol. The normalized spacial score (nSPS) is 23.2. The Morgan fingerprint density at radius 1 is 1.07 bits per heavy atom. The van der Waals surface area contributed by atoms with Crippen LogP contribution in [0.5, 0.6) is 0 Å². The van der Waals surface area contributed by atoms with Gasteiger partial charge in [0, 0.05) is 33.9 Å². The first-order chi connectivity index (χ1) is 13.6. The van der Waals surface area contributed by atoms with E-state index in [-0.39, 0.29) is 12.4 Å². The van der Waals surface area contributed by atoms with Gasteiger partial charge in [-0.2, -0.15) is 4.98 Å². The van der Waals surface area contributed by atoms with Gasteiger partial charge in [0.1, 0.15) is 18.5 Å². The molecule has 1 aromatic rings. The number of hydrogen-bond donors (Lipinski definition) is 1. The molecule has 0 spiro atoms. The maximum atomic E-state index is 12.4. The molecule has 1 aliphatic heterocycles. The summed E-state index contributed by atoms with van der Waals surface area (Å²) in [6, 6.07) is 1.34. The number of aromatic nitrogens is 2. The van der Waals surface area contributed by atoms with Crippen molar-refractivity contribution in [1.29, 1.82) is 0 Å². The summed E-state index contributed by atoms with van der Waals surface area (Å²) in [5.41, 5.74) is -0.812. The minimum Gasteiger partial charge on any atom is -0.463 e. The van der Waals surface area contributed by atoms with Gasteiger partial charge in [0.05, 0.1) is 0 Å². The topological polar surface area (TPSA) is 152 Å². The highest BCUT2D eigenvalue weighted by Crippen LogP contribution is 2.33. The molecule has 1 aromatic heterocycles. The van der Waals surface area contributed by atoms with Gasteiger partial charge in [-0.15, -0.1) is 0 Å². The number of rotatable bonds is 6. The first-order valence-electron chi connectivity index (χ1n) is 8.58. The van der Waals surface area contributed by atoms with E-state index in [0.29, 0.717) is 0 Å². The predicted molar refractivity (Wildman–Crippen MR) is 94.5 cm³/mol. The number of amides is 1. The van der Waals surface area contributed by atoms with E-state index in [1.54, 1.807) is 0 Å². The maximum Gasteiger partial charge on any atom is 0.351 e. The fourth-order valence-electron chi connectivity index (χ4n) is 2.77. The summed E-state index contributed by atoms with van der Waals surface area (Å²) < 4.78 is 22.1. The summed E-state index contributed by atoms with van der Waals surface area (Å²) >= 11 is 0. The van der Waals surface area contributed by atoms with Gasteiger partial charge in [0.15, 0.2) is 18.4 Å². The minimum atomic E-state index is -1.21. The van der Waals surface area contributed by atoms with Crippen molar-refractivity contribution in [2.24, 2.45) is 0 Å². The molecule has 1 N–H and O–H groups in total. The summed E-state index contributed by atoms with van der Waals surface area (Å²) in [4.78, 5) is 61.5. The molecule has 1 amide bonds. The van der Waals surface area contributed by atoms with Gasteiger partial charge in [0.2, 0.25) is 5.91 Å². The fourth-order valence-corrected chi connectivity index (χ4v) is 2.77. The summed E-state index contributed by atoms with van der Waals surface area (Å²) in [5, 5.41) is 2.37. The van der Waals surface area contributed by atoms with Crippen molar-refractivity contribution in [2.45, 2.75) is 52.2 Å². The van der Waals surface area contributed by atoms with Crippen molar-refractivity contribution >= 4 is 29.6 Å². The number of ether oxygens (including phenoxy) is 4. The second kappa shape index (κ2) is 9.28. The van der Waals surface area contributed by atoms with Crippen LogP contribution in [0, 0.1) is 0 Å². The molecule has 0 bridgehead atoms. The van der Waals surface area contributed by atoms with Crippen LogP contribution in [0.3, 0.4) is 0 Å². The zero-order chi connectivity index (χ0) is 21.7. The monoisotopic (exact) mass is 411 g/mol. The fraction of sp³-hybridized carbons (Fsp3) is 0.529. The van der Waals surface area contributed by atoms with Gasteiger partial charge in [-0.05, 0) is 6.07 Å². The van der Waals surface area contributed by atoms with Crippen molar-refractivity contribution in [2.75, 3.05) is 11.9 Å². The largest absolute Gasteiger partial charge is 0.463 e. The van der Waals surface area contributed by atoms with Crippen LogP contribution in [0.25, 0.3) is 0 Å². The van der Waals surface area contributed by atoms with E-state index in [0.717, 1.165) is 18.4 Å². The third-order valence-electron chi connectivity index (χ3n) is 3.75. The number of nitrogens with zero attached hydrogens (tertiary/aromatic N) is 2. The van der Waals surface area contributed by atoms with E-state index < -0.39 is 54.0 Å². The molecule has 2 heterocycles. The van der Waals surface area contributed by atoms with Crippen LogP contribution >= 0.6 is 0 Å². The van der Waals surface area contributed by atoms with Gasteiger partial charge < -0.3 is 24.3 Å². The van der Waals surface area contributed by atoms with Crippen molar-refractivity contribution in [3.63, 3.8) is 0 Å². The summed E-state index contributed by atoms with van der Waals surface area (Å²) in [7, 11) is 0. The van der Waals surface area contributed by atoms with Crippen LogP contribution in [-0.2, 0) is 38.1 Å². The van der Waals surface area contributed by atoms with Crippen LogP contribution in [0.4, 0.5) is 5.82 Å². The number of esters is 3. The molecule has 0 unspecified atom stereocenters. The van der Waals surface area contributed by atoms with Gasteiger partial charge in [-0.3, -0.25) is 23.7 Å². The number of nitrogens with one attached hydrogen (secondary N) is 1. The Bertz CT molecular complexity index is 866. The Morgan fingerprint density at radius 2 is 1.69 bits per heavy atom. The zero-order valence-electron chi connectivity index (χ0n) is 16.2. The Hall–Kier alpha value is -3.28. The number of carbonyl (C=O) groups is 4. The standard InChI is InChI=1S/C17H21N3O9/c1-8(21)18-13-5-6-20(17(25)19-13)16-15(28-11(4)24)14(27-10(3)23)12(29-16)7-26-9(2)22/h5-6,12,14-16H,7H2,1-4H3,(H,18,19,21,25)/t12-,14-,15-,16-/m1/s1. The van der Waals surface area contributed by atoms with Crippen LogP contribution in [0.15, 0.2) is 17.1 Å². The van der Waals surface area contributed by atoms with E-state index in [9.17, 15) is 24.0 Å². The highest BCUT2D eigenvalue weighted by atomic mass is 16.7. The highest BCUT2D eigenvalue weighted by molar-refractivity contribution is 5.87. The molecule has 1 fully saturated rings. The van der Waals surface area contributed by atoms with Crippen molar-refractivity contribution < 1.29 is 38.1 Å². The van der Waals surface area contributed by atoms with Crippen LogP contribution in [0.1, 0.15) is 33.9 Å². The van der Waals surface area contributed by atoms with Crippen LogP contribution in [0.2, 0.25) is 0 Å². The van der Waals surface area contributed by atoms with Crippen molar-refractivity contribution in [1.82, 2.24) is 9.55 Å². The first kappa shape index (κ1) is 22.0. The lowest BCUT2D eigenvalue weighted by molar-refractivity contribution is -0.166. The van der Waals surface area contributed by atoms with E-state index in [4.69, 9.17) is 18.9 Å². The van der Waals surface area contributed by atoms with Gasteiger partial charge in [-0.1, -0.05) is 0 Å². The van der Waals surface area contributed by atoms with E-state index in [2.05, 4.69) is 10.3 Å². The lowest BCUT2D eigenvalue weighted by Gasteiger charge is -2.23. The lowest BCUT2D eigenvalue weighted by Crippen LogP contribution is -2.41. The average Bonchev–Trinajstić information content (AvgIpc) is 2.89. The van der Waals surface area contributed by atoms with Gasteiger partial charge >= 0.3 is 23.6 Å². The van der Waals surface area contributed by atoms with Gasteiger partial charge in [-0.25, -0.2) is 4.79 Å². The van der Waals surface area contributed by atoms with Crippen LogP contribution < -0.4 is 11.0 Å². The van der Waals surface area contributed by atoms with Gasteiger partial charge in [0.25, 0.3) is 0 Å².